The van der Waals surface area contributed by atoms with Crippen molar-refractivity contribution in [3.8, 4) is 0 Å². The van der Waals surface area contributed by atoms with Crippen LogP contribution in [0.3, 0.4) is 0 Å². The topological polar surface area (TPSA) is 47.0 Å². The first-order valence-corrected chi connectivity index (χ1v) is 6.70. The molecular weight excluding hydrogens is 226 g/mol. The van der Waals surface area contributed by atoms with E-state index >= 15 is 0 Å². The zero-order valence-corrected chi connectivity index (χ0v) is 11.9. The Bertz CT molecular complexity index is 342. The van der Waals surface area contributed by atoms with Gasteiger partial charge in [0.05, 0.1) is 6.61 Å². The van der Waals surface area contributed by atoms with Gasteiger partial charge in [-0.3, -0.25) is 0 Å². The van der Waals surface area contributed by atoms with Gasteiger partial charge in [0.25, 0.3) is 0 Å². The summed E-state index contributed by atoms with van der Waals surface area (Å²) in [5.74, 6) is 0.441. The standard InChI is InChI=1S/C14H25N3O/c1-5-6-15-13(9-18-4)7-12-8-14(11(2)3)17-10-16-12/h8,10-11,13,15H,5-7,9H2,1-4H3. The molecule has 18 heavy (non-hydrogen) atoms. The van der Waals surface area contributed by atoms with Crippen molar-refractivity contribution >= 4 is 0 Å². The molecule has 0 amide bonds. The van der Waals surface area contributed by atoms with Crippen molar-refractivity contribution in [1.82, 2.24) is 15.3 Å². The molecule has 0 saturated heterocycles. The van der Waals surface area contributed by atoms with Gasteiger partial charge in [0, 0.05) is 31.0 Å². The monoisotopic (exact) mass is 251 g/mol. The molecule has 0 aromatic carbocycles. The van der Waals surface area contributed by atoms with Crippen LogP contribution in [0.25, 0.3) is 0 Å². The van der Waals surface area contributed by atoms with Gasteiger partial charge in [0.2, 0.25) is 0 Å². The Morgan fingerprint density at radius 2 is 2.11 bits per heavy atom. The summed E-state index contributed by atoms with van der Waals surface area (Å²) in [5.41, 5.74) is 2.19. The molecule has 4 nitrogen and oxygen atoms in total. The molecule has 0 aliphatic rings. The number of aromatic nitrogens is 2. The largest absolute Gasteiger partial charge is 0.383 e. The number of nitrogens with zero attached hydrogens (tertiary/aromatic N) is 2. The molecule has 1 aromatic rings. The van der Waals surface area contributed by atoms with Crippen LogP contribution in [0.4, 0.5) is 0 Å². The van der Waals surface area contributed by atoms with E-state index in [0.29, 0.717) is 18.6 Å². The van der Waals surface area contributed by atoms with E-state index in [1.54, 1.807) is 13.4 Å². The van der Waals surface area contributed by atoms with Gasteiger partial charge >= 0.3 is 0 Å². The third kappa shape index (κ3) is 5.10. The molecule has 0 aliphatic carbocycles. The summed E-state index contributed by atoms with van der Waals surface area (Å²) in [5, 5.41) is 3.48. The minimum atomic E-state index is 0.324. The van der Waals surface area contributed by atoms with Crippen LogP contribution < -0.4 is 5.32 Å². The molecule has 1 rings (SSSR count). The molecule has 1 N–H and O–H groups in total. The van der Waals surface area contributed by atoms with Gasteiger partial charge in [-0.25, -0.2) is 9.97 Å². The molecule has 0 radical (unpaired) electrons. The summed E-state index contributed by atoms with van der Waals surface area (Å²) in [6.45, 7) is 8.18. The zero-order valence-electron chi connectivity index (χ0n) is 11.9. The number of nitrogens with one attached hydrogen (secondary N) is 1. The molecule has 1 atom stereocenters. The Labute approximate surface area is 110 Å². The highest BCUT2D eigenvalue weighted by Crippen LogP contribution is 2.12. The van der Waals surface area contributed by atoms with Crippen molar-refractivity contribution < 1.29 is 4.74 Å². The second-order valence-electron chi connectivity index (χ2n) is 4.90. The Hall–Kier alpha value is -1.00. The maximum atomic E-state index is 5.25. The number of hydrogen-bond acceptors (Lipinski definition) is 4. The summed E-state index contributed by atoms with van der Waals surface area (Å²) in [7, 11) is 1.74. The van der Waals surface area contributed by atoms with E-state index in [4.69, 9.17) is 4.74 Å². The van der Waals surface area contributed by atoms with Gasteiger partial charge in [-0.05, 0) is 24.9 Å². The van der Waals surface area contributed by atoms with Crippen LogP contribution in [0.5, 0.6) is 0 Å². The summed E-state index contributed by atoms with van der Waals surface area (Å²) < 4.78 is 5.25. The van der Waals surface area contributed by atoms with Crippen molar-refractivity contribution in [3.63, 3.8) is 0 Å². The Balaban J connectivity index is 2.64. The SMILES string of the molecule is CCCNC(COC)Cc1cc(C(C)C)ncn1. The highest BCUT2D eigenvalue weighted by molar-refractivity contribution is 5.12. The first-order valence-electron chi connectivity index (χ1n) is 6.70. The summed E-state index contributed by atoms with van der Waals surface area (Å²) >= 11 is 0. The highest BCUT2D eigenvalue weighted by atomic mass is 16.5. The average molecular weight is 251 g/mol. The normalized spacial score (nSPS) is 12.9. The smallest absolute Gasteiger partial charge is 0.115 e. The minimum absolute atomic E-state index is 0.324. The van der Waals surface area contributed by atoms with Crippen LogP contribution in [0.2, 0.25) is 0 Å². The lowest BCUT2D eigenvalue weighted by Gasteiger charge is -2.17. The van der Waals surface area contributed by atoms with E-state index in [1.807, 2.05) is 0 Å². The molecule has 0 aliphatic heterocycles. The van der Waals surface area contributed by atoms with Gasteiger partial charge < -0.3 is 10.1 Å². The number of rotatable bonds is 8. The maximum absolute atomic E-state index is 5.25. The number of methoxy groups -OCH3 is 1. The van der Waals surface area contributed by atoms with E-state index in [2.05, 4.69) is 42.1 Å². The summed E-state index contributed by atoms with van der Waals surface area (Å²) in [4.78, 5) is 8.64. The Kier molecular flexibility index (Phi) is 6.83. The van der Waals surface area contributed by atoms with Crippen LogP contribution in [0.15, 0.2) is 12.4 Å². The summed E-state index contributed by atoms with van der Waals surface area (Å²) in [6, 6.07) is 2.42. The predicted octanol–water partition coefficient (Wildman–Crippen LogP) is 2.16. The lowest BCUT2D eigenvalue weighted by molar-refractivity contribution is 0.165. The molecule has 0 spiro atoms. The zero-order chi connectivity index (χ0) is 13.4. The number of ether oxygens (including phenoxy) is 1. The molecule has 102 valence electrons. The fourth-order valence-corrected chi connectivity index (χ4v) is 1.83. The van der Waals surface area contributed by atoms with Crippen LogP contribution >= 0.6 is 0 Å². The van der Waals surface area contributed by atoms with Crippen molar-refractivity contribution in [3.05, 3.63) is 23.8 Å². The molecule has 0 fully saturated rings. The lowest BCUT2D eigenvalue weighted by atomic mass is 10.1. The molecule has 1 aromatic heterocycles. The van der Waals surface area contributed by atoms with Gasteiger partial charge in [0.15, 0.2) is 0 Å². The van der Waals surface area contributed by atoms with E-state index in [0.717, 1.165) is 30.8 Å². The molecule has 4 heteroatoms. The fraction of sp³-hybridized carbons (Fsp3) is 0.714. The highest BCUT2D eigenvalue weighted by Gasteiger charge is 2.11. The van der Waals surface area contributed by atoms with E-state index in [-0.39, 0.29) is 0 Å². The van der Waals surface area contributed by atoms with Gasteiger partial charge in [-0.1, -0.05) is 20.8 Å². The van der Waals surface area contributed by atoms with Gasteiger partial charge in [-0.2, -0.15) is 0 Å². The number of hydrogen-bond donors (Lipinski definition) is 1. The van der Waals surface area contributed by atoms with Crippen molar-refractivity contribution in [2.45, 2.75) is 45.6 Å². The molecule has 1 heterocycles. The fourth-order valence-electron chi connectivity index (χ4n) is 1.83. The van der Waals surface area contributed by atoms with E-state index in [1.165, 1.54) is 0 Å². The first kappa shape index (κ1) is 15.1. The van der Waals surface area contributed by atoms with E-state index < -0.39 is 0 Å². The first-order chi connectivity index (χ1) is 8.67. The van der Waals surface area contributed by atoms with Crippen molar-refractivity contribution in [2.24, 2.45) is 0 Å². The van der Waals surface area contributed by atoms with Crippen LogP contribution in [0, 0.1) is 0 Å². The maximum Gasteiger partial charge on any atom is 0.115 e. The van der Waals surface area contributed by atoms with Crippen LogP contribution in [0.1, 0.15) is 44.5 Å². The second-order valence-corrected chi connectivity index (χ2v) is 4.90. The Morgan fingerprint density at radius 1 is 1.33 bits per heavy atom. The lowest BCUT2D eigenvalue weighted by Crippen LogP contribution is -2.36. The summed E-state index contributed by atoms with van der Waals surface area (Å²) in [6.07, 6.45) is 3.67. The minimum Gasteiger partial charge on any atom is -0.383 e. The van der Waals surface area contributed by atoms with Crippen molar-refractivity contribution in [2.75, 3.05) is 20.3 Å². The van der Waals surface area contributed by atoms with Gasteiger partial charge in [-0.15, -0.1) is 0 Å². The molecule has 0 saturated carbocycles. The quantitative estimate of drug-likeness (QED) is 0.769. The Morgan fingerprint density at radius 3 is 2.72 bits per heavy atom. The second kappa shape index (κ2) is 8.16. The molecule has 0 bridgehead atoms. The van der Waals surface area contributed by atoms with E-state index in [9.17, 15) is 0 Å². The third-order valence-electron chi connectivity index (χ3n) is 2.84. The van der Waals surface area contributed by atoms with Crippen molar-refractivity contribution in [1.29, 1.82) is 0 Å². The van der Waals surface area contributed by atoms with Gasteiger partial charge in [0.1, 0.15) is 6.33 Å². The molecule has 1 unspecified atom stereocenters. The van der Waals surface area contributed by atoms with Crippen LogP contribution in [-0.4, -0.2) is 36.3 Å². The third-order valence-corrected chi connectivity index (χ3v) is 2.84. The average Bonchev–Trinajstić information content (AvgIpc) is 2.36. The van der Waals surface area contributed by atoms with Crippen LogP contribution in [-0.2, 0) is 11.2 Å². The molecular formula is C14H25N3O. The predicted molar refractivity (Wildman–Crippen MR) is 73.8 cm³/mol.